The van der Waals surface area contributed by atoms with Crippen molar-refractivity contribution in [2.24, 2.45) is 38.9 Å². The maximum Gasteiger partial charge on any atom is 0.331 e. The van der Waals surface area contributed by atoms with Crippen LogP contribution in [0.5, 0.6) is 5.75 Å². The fraction of sp³-hybridized carbons (Fsp3) is 0.737. The third-order valence-electron chi connectivity index (χ3n) is 10.4. The molecule has 44 heavy (non-hydrogen) atoms. The lowest BCUT2D eigenvalue weighted by atomic mass is 9.54. The van der Waals surface area contributed by atoms with Crippen LogP contribution in [0.15, 0.2) is 30.3 Å². The van der Waals surface area contributed by atoms with E-state index in [1.807, 2.05) is 24.3 Å². The number of aliphatic hydroxyl groups is 1. The maximum atomic E-state index is 13.9. The fourth-order valence-electron chi connectivity index (χ4n) is 7.20. The summed E-state index contributed by atoms with van der Waals surface area (Å²) in [6, 6.07) is 7.35. The number of carbonyl (C=O) groups is 2. The van der Waals surface area contributed by atoms with Crippen LogP contribution in [0, 0.1) is 38.9 Å². The van der Waals surface area contributed by atoms with Gasteiger partial charge in [0, 0.05) is 6.08 Å². The van der Waals surface area contributed by atoms with Gasteiger partial charge >= 0.3 is 11.9 Å². The minimum Gasteiger partial charge on any atom is -0.497 e. The molecule has 0 radical (unpaired) electrons. The van der Waals surface area contributed by atoms with E-state index >= 15 is 0 Å². The summed E-state index contributed by atoms with van der Waals surface area (Å²) in [4.78, 5) is 26.3. The largest absolute Gasteiger partial charge is 0.497 e. The van der Waals surface area contributed by atoms with Gasteiger partial charge in [-0.15, -0.1) is 0 Å². The first-order valence-electron chi connectivity index (χ1n) is 16.4. The molecule has 1 saturated carbocycles. The van der Waals surface area contributed by atoms with E-state index < -0.39 is 23.6 Å². The molecule has 1 aromatic rings. The predicted octanol–water partition coefficient (Wildman–Crippen LogP) is 8.89. The van der Waals surface area contributed by atoms with Gasteiger partial charge in [-0.3, -0.25) is 4.79 Å². The zero-order chi connectivity index (χ0) is 33.7. The number of hydrogen-bond donors (Lipinski definition) is 1. The minimum absolute atomic E-state index is 0.0145. The third-order valence-corrected chi connectivity index (χ3v) is 10.4. The Morgan fingerprint density at radius 1 is 0.909 bits per heavy atom. The molecule has 0 bridgehead atoms. The van der Waals surface area contributed by atoms with Gasteiger partial charge < -0.3 is 19.3 Å². The van der Waals surface area contributed by atoms with Crippen molar-refractivity contribution in [2.75, 3.05) is 13.7 Å². The van der Waals surface area contributed by atoms with Gasteiger partial charge in [-0.25, -0.2) is 4.79 Å². The molecule has 6 nitrogen and oxygen atoms in total. The number of carbonyl (C=O) groups excluding carboxylic acids is 2. The molecular formula is C38H62O6. The molecule has 2 rings (SSSR count). The molecule has 1 aromatic carbocycles. The molecular weight excluding hydrogens is 552 g/mol. The van der Waals surface area contributed by atoms with Crippen LogP contribution in [0.4, 0.5) is 0 Å². The Kier molecular flexibility index (Phi) is 12.4. The van der Waals surface area contributed by atoms with Gasteiger partial charge in [0.05, 0.1) is 25.2 Å². The Bertz CT molecular complexity index is 1120. The van der Waals surface area contributed by atoms with Crippen LogP contribution >= 0.6 is 0 Å². The van der Waals surface area contributed by atoms with Crippen LogP contribution in [0.3, 0.4) is 0 Å². The van der Waals surface area contributed by atoms with Crippen molar-refractivity contribution in [2.45, 2.75) is 127 Å². The van der Waals surface area contributed by atoms with E-state index in [9.17, 15) is 14.7 Å². The number of methoxy groups -OCH3 is 1. The van der Waals surface area contributed by atoms with Crippen LogP contribution < -0.4 is 4.74 Å². The predicted molar refractivity (Wildman–Crippen MR) is 179 cm³/mol. The Morgan fingerprint density at radius 3 is 1.98 bits per heavy atom. The summed E-state index contributed by atoms with van der Waals surface area (Å²) in [6.45, 7) is 27.2. The second kappa shape index (κ2) is 14.4. The highest BCUT2D eigenvalue weighted by molar-refractivity contribution is 5.87. The summed E-state index contributed by atoms with van der Waals surface area (Å²) in [7, 11) is 1.60. The summed E-state index contributed by atoms with van der Waals surface area (Å²) in [5.74, 6) is 0.472. The van der Waals surface area contributed by atoms with Crippen LogP contribution in [-0.2, 0) is 19.1 Å². The molecule has 1 aliphatic rings. The standard InChI is InChI=1S/C38H62O6/c1-26(36(8,9)24-34(2,3)4)37(10,11)25-38(12,35(5,6)7)33(41)43-23-28-16-20-31(30(39)22-28)44-32(40)21-17-27-14-18-29(42-13)19-15-27/h14-15,17-19,21,26,28,30-31,39H,16,20,22-25H2,1-13H3/b21-17+. The van der Waals surface area contributed by atoms with Gasteiger partial charge in [0.15, 0.2) is 0 Å². The average Bonchev–Trinajstić information content (AvgIpc) is 2.89. The van der Waals surface area contributed by atoms with E-state index in [4.69, 9.17) is 14.2 Å². The van der Waals surface area contributed by atoms with Crippen molar-refractivity contribution in [3.05, 3.63) is 35.9 Å². The Labute approximate surface area is 268 Å². The zero-order valence-corrected chi connectivity index (χ0v) is 30.0. The summed E-state index contributed by atoms with van der Waals surface area (Å²) in [6.07, 6.45) is 5.14. The van der Waals surface area contributed by atoms with E-state index in [0.717, 1.165) is 17.7 Å². The van der Waals surface area contributed by atoms with Crippen molar-refractivity contribution in [3.63, 3.8) is 0 Å². The van der Waals surface area contributed by atoms with E-state index in [2.05, 4.69) is 83.1 Å². The number of hydrogen-bond acceptors (Lipinski definition) is 6. The van der Waals surface area contributed by atoms with Crippen molar-refractivity contribution in [1.29, 1.82) is 0 Å². The number of benzene rings is 1. The number of aliphatic hydroxyl groups excluding tert-OH is 1. The lowest BCUT2D eigenvalue weighted by molar-refractivity contribution is -0.170. The number of rotatable bonds is 12. The summed E-state index contributed by atoms with van der Waals surface area (Å²) < 4.78 is 16.8. The molecule has 6 heteroatoms. The quantitative estimate of drug-likeness (QED) is 0.187. The third kappa shape index (κ3) is 10.4. The highest BCUT2D eigenvalue weighted by Gasteiger charge is 2.51. The minimum atomic E-state index is -0.801. The number of ether oxygens (including phenoxy) is 3. The second-order valence-electron chi connectivity index (χ2n) is 17.1. The monoisotopic (exact) mass is 614 g/mol. The molecule has 1 fully saturated rings. The maximum absolute atomic E-state index is 13.9. The van der Waals surface area contributed by atoms with Crippen LogP contribution in [-0.4, -0.2) is 43.0 Å². The normalized spacial score (nSPS) is 22.3. The summed E-state index contributed by atoms with van der Waals surface area (Å²) >= 11 is 0. The average molecular weight is 615 g/mol. The van der Waals surface area contributed by atoms with Gasteiger partial charge in [0.25, 0.3) is 0 Å². The zero-order valence-electron chi connectivity index (χ0n) is 30.0. The van der Waals surface area contributed by atoms with Gasteiger partial charge in [-0.1, -0.05) is 88.3 Å². The first kappa shape index (κ1) is 37.8. The molecule has 250 valence electrons. The Balaban J connectivity index is 1.99. The van der Waals surface area contributed by atoms with Crippen LogP contribution in [0.2, 0.25) is 0 Å². The molecule has 0 amide bonds. The summed E-state index contributed by atoms with van der Waals surface area (Å²) in [5.41, 5.74) is 0.0757. The molecule has 0 spiro atoms. The first-order valence-corrected chi connectivity index (χ1v) is 16.4. The molecule has 5 atom stereocenters. The van der Waals surface area contributed by atoms with Crippen molar-refractivity contribution in [3.8, 4) is 5.75 Å². The lowest BCUT2D eigenvalue weighted by Gasteiger charge is -2.51. The Hall–Kier alpha value is -2.34. The molecule has 1 aliphatic carbocycles. The smallest absolute Gasteiger partial charge is 0.331 e. The van der Waals surface area contributed by atoms with E-state index in [-0.39, 0.29) is 40.2 Å². The first-order chi connectivity index (χ1) is 20.0. The van der Waals surface area contributed by atoms with Crippen molar-refractivity contribution >= 4 is 18.0 Å². The van der Waals surface area contributed by atoms with Crippen molar-refractivity contribution in [1.82, 2.24) is 0 Å². The topological polar surface area (TPSA) is 82.1 Å². The molecule has 0 aliphatic heterocycles. The van der Waals surface area contributed by atoms with Gasteiger partial charge in [0.2, 0.25) is 0 Å². The highest BCUT2D eigenvalue weighted by Crippen LogP contribution is 2.54. The van der Waals surface area contributed by atoms with Gasteiger partial charge in [-0.05, 0) is 96.3 Å². The van der Waals surface area contributed by atoms with E-state index in [0.29, 0.717) is 31.6 Å². The second-order valence-corrected chi connectivity index (χ2v) is 17.1. The molecule has 0 heterocycles. The van der Waals surface area contributed by atoms with Crippen molar-refractivity contribution < 1.29 is 28.9 Å². The summed E-state index contributed by atoms with van der Waals surface area (Å²) in [5, 5.41) is 10.8. The molecule has 5 unspecified atom stereocenters. The SMILES string of the molecule is COc1ccc(/C=C/C(=O)OC2CCC(COC(=O)C(C)(CC(C)(C)C(C)C(C)(C)CC(C)(C)C)C(C)(C)C)CC2O)cc1. The number of esters is 2. The Morgan fingerprint density at radius 2 is 1.48 bits per heavy atom. The van der Waals surface area contributed by atoms with E-state index in [1.54, 1.807) is 13.2 Å². The van der Waals surface area contributed by atoms with Gasteiger partial charge in [-0.2, -0.15) is 0 Å². The van der Waals surface area contributed by atoms with Crippen LogP contribution in [0.25, 0.3) is 6.08 Å². The van der Waals surface area contributed by atoms with Gasteiger partial charge in [0.1, 0.15) is 11.9 Å². The van der Waals surface area contributed by atoms with Crippen LogP contribution in [0.1, 0.15) is 121 Å². The fourth-order valence-corrected chi connectivity index (χ4v) is 7.20. The molecule has 0 aromatic heterocycles. The lowest BCUT2D eigenvalue weighted by Crippen LogP contribution is -2.48. The van der Waals surface area contributed by atoms with E-state index in [1.165, 1.54) is 6.08 Å². The molecule has 1 N–H and O–H groups in total. The molecule has 0 saturated heterocycles. The highest BCUT2D eigenvalue weighted by atomic mass is 16.6.